The van der Waals surface area contributed by atoms with E-state index in [1.54, 1.807) is 11.3 Å². The summed E-state index contributed by atoms with van der Waals surface area (Å²) in [5.41, 5.74) is -0.469. The molecular weight excluding hydrogens is 286 g/mol. The highest BCUT2D eigenvalue weighted by Gasteiger charge is 2.40. The Labute approximate surface area is 130 Å². The lowest BCUT2D eigenvalue weighted by Crippen LogP contribution is -2.57. The van der Waals surface area contributed by atoms with Crippen molar-refractivity contribution >= 4 is 23.1 Å². The maximum absolute atomic E-state index is 12.1. The van der Waals surface area contributed by atoms with Gasteiger partial charge in [0.15, 0.2) is 0 Å². The fraction of sp³-hybridized carbons (Fsp3) is 0.625. The van der Waals surface area contributed by atoms with Gasteiger partial charge >= 0.3 is 5.97 Å². The lowest BCUT2D eigenvalue weighted by atomic mass is 9.99. The smallest absolute Gasteiger partial charge is 0.324 e. The molecule has 0 N–H and O–H groups in total. The maximum atomic E-state index is 12.1. The SMILES string of the molecule is CCN1CC(C)(C)OC(=O)C1CC(=O)CCc1cccs1. The normalized spacial score (nSPS) is 22.0. The van der Waals surface area contributed by atoms with Gasteiger partial charge in [-0.05, 0) is 38.3 Å². The van der Waals surface area contributed by atoms with Crippen molar-refractivity contribution in [2.24, 2.45) is 0 Å². The minimum Gasteiger partial charge on any atom is -0.457 e. The molecule has 0 radical (unpaired) electrons. The average molecular weight is 309 g/mol. The minimum absolute atomic E-state index is 0.128. The van der Waals surface area contributed by atoms with Gasteiger partial charge in [0.1, 0.15) is 17.4 Å². The number of ether oxygens (including phenoxy) is 1. The van der Waals surface area contributed by atoms with Gasteiger partial charge in [0.25, 0.3) is 0 Å². The highest BCUT2D eigenvalue weighted by molar-refractivity contribution is 7.09. The fourth-order valence-electron chi connectivity index (χ4n) is 2.70. The number of cyclic esters (lactones) is 1. The Bertz CT molecular complexity index is 496. The number of aryl methyl sites for hydroxylation is 1. The lowest BCUT2D eigenvalue weighted by molar-refractivity contribution is -0.178. The van der Waals surface area contributed by atoms with Crippen LogP contribution in [0.1, 0.15) is 38.5 Å². The van der Waals surface area contributed by atoms with Crippen LogP contribution < -0.4 is 0 Å². The molecule has 2 heterocycles. The second-order valence-electron chi connectivity index (χ2n) is 6.08. The minimum atomic E-state index is -0.469. The van der Waals surface area contributed by atoms with E-state index in [-0.39, 0.29) is 18.2 Å². The zero-order chi connectivity index (χ0) is 15.5. The van der Waals surface area contributed by atoms with Crippen molar-refractivity contribution in [1.82, 2.24) is 4.90 Å². The molecule has 21 heavy (non-hydrogen) atoms. The summed E-state index contributed by atoms with van der Waals surface area (Å²) in [5.74, 6) is -0.138. The van der Waals surface area contributed by atoms with Crippen molar-refractivity contribution in [1.29, 1.82) is 0 Å². The number of thiophene rings is 1. The van der Waals surface area contributed by atoms with Gasteiger partial charge in [-0.1, -0.05) is 13.0 Å². The van der Waals surface area contributed by atoms with E-state index in [1.165, 1.54) is 4.88 Å². The van der Waals surface area contributed by atoms with Gasteiger partial charge in [-0.2, -0.15) is 0 Å². The molecule has 0 aromatic carbocycles. The number of morpholine rings is 1. The summed E-state index contributed by atoms with van der Waals surface area (Å²) in [6.45, 7) is 7.25. The van der Waals surface area contributed by atoms with Crippen LogP contribution in [0.4, 0.5) is 0 Å². The summed E-state index contributed by atoms with van der Waals surface area (Å²) in [4.78, 5) is 27.5. The molecule has 1 saturated heterocycles. The number of hydrogen-bond acceptors (Lipinski definition) is 5. The molecule has 1 atom stereocenters. The molecule has 4 nitrogen and oxygen atoms in total. The summed E-state index contributed by atoms with van der Waals surface area (Å²) in [5, 5.41) is 2.01. The van der Waals surface area contributed by atoms with Crippen molar-refractivity contribution < 1.29 is 14.3 Å². The number of carbonyl (C=O) groups is 2. The standard InChI is InChI=1S/C16H23NO3S/c1-4-17-11-16(2,3)20-15(19)14(17)10-12(18)7-8-13-6-5-9-21-13/h5-6,9,14H,4,7-8,10-11H2,1-3H3. The topological polar surface area (TPSA) is 46.6 Å². The molecular formula is C16H23NO3S. The number of likely N-dealkylation sites (N-methyl/N-ethyl adjacent to an activating group) is 1. The van der Waals surface area contributed by atoms with Gasteiger partial charge in [0, 0.05) is 24.3 Å². The maximum Gasteiger partial charge on any atom is 0.324 e. The average Bonchev–Trinajstić information content (AvgIpc) is 2.91. The molecule has 1 aliphatic rings. The molecule has 116 valence electrons. The quantitative estimate of drug-likeness (QED) is 0.758. The third kappa shape index (κ3) is 4.38. The van der Waals surface area contributed by atoms with E-state index in [0.29, 0.717) is 13.0 Å². The molecule has 1 unspecified atom stereocenters. The van der Waals surface area contributed by atoms with E-state index in [0.717, 1.165) is 13.0 Å². The third-order valence-electron chi connectivity index (χ3n) is 3.73. The monoisotopic (exact) mass is 309 g/mol. The van der Waals surface area contributed by atoms with E-state index in [2.05, 4.69) is 4.90 Å². The molecule has 0 saturated carbocycles. The van der Waals surface area contributed by atoms with Crippen LogP contribution >= 0.6 is 11.3 Å². The van der Waals surface area contributed by atoms with Crippen LogP contribution in [0.3, 0.4) is 0 Å². The van der Waals surface area contributed by atoms with Crippen LogP contribution in [0.25, 0.3) is 0 Å². The van der Waals surface area contributed by atoms with E-state index >= 15 is 0 Å². The zero-order valence-corrected chi connectivity index (χ0v) is 13.7. The number of Topliss-reactive ketones (excluding diaryl/α,β-unsaturated/α-hetero) is 1. The fourth-order valence-corrected chi connectivity index (χ4v) is 3.41. The first-order valence-corrected chi connectivity index (χ1v) is 8.30. The van der Waals surface area contributed by atoms with E-state index in [1.807, 2.05) is 38.3 Å². The van der Waals surface area contributed by atoms with Crippen LogP contribution in [-0.4, -0.2) is 41.4 Å². The predicted octanol–water partition coefficient (Wildman–Crippen LogP) is 2.67. The Morgan fingerprint density at radius 2 is 2.29 bits per heavy atom. The molecule has 0 amide bonds. The third-order valence-corrected chi connectivity index (χ3v) is 4.67. The Kier molecular flexibility index (Phi) is 5.17. The summed E-state index contributed by atoms with van der Waals surface area (Å²) >= 11 is 1.66. The van der Waals surface area contributed by atoms with Crippen LogP contribution in [0.2, 0.25) is 0 Å². The number of rotatable bonds is 6. The molecule has 1 aromatic rings. The van der Waals surface area contributed by atoms with Crippen LogP contribution in [0, 0.1) is 0 Å². The molecule has 1 aromatic heterocycles. The molecule has 1 aliphatic heterocycles. The van der Waals surface area contributed by atoms with Gasteiger partial charge < -0.3 is 4.74 Å². The van der Waals surface area contributed by atoms with Gasteiger partial charge in [-0.25, -0.2) is 0 Å². The summed E-state index contributed by atoms with van der Waals surface area (Å²) in [6, 6.07) is 3.61. The summed E-state index contributed by atoms with van der Waals surface area (Å²) < 4.78 is 5.44. The number of carbonyl (C=O) groups excluding carboxylic acids is 2. The van der Waals surface area contributed by atoms with Gasteiger partial charge in [-0.15, -0.1) is 11.3 Å². The van der Waals surface area contributed by atoms with Crippen molar-refractivity contribution in [3.63, 3.8) is 0 Å². The largest absolute Gasteiger partial charge is 0.457 e. The highest BCUT2D eigenvalue weighted by atomic mass is 32.1. The van der Waals surface area contributed by atoms with E-state index in [4.69, 9.17) is 4.74 Å². The second kappa shape index (κ2) is 6.71. The molecule has 1 fully saturated rings. The second-order valence-corrected chi connectivity index (χ2v) is 7.11. The predicted molar refractivity (Wildman–Crippen MR) is 83.5 cm³/mol. The summed E-state index contributed by atoms with van der Waals surface area (Å²) in [6.07, 6.45) is 1.51. The lowest BCUT2D eigenvalue weighted by Gasteiger charge is -2.41. The highest BCUT2D eigenvalue weighted by Crippen LogP contribution is 2.24. The summed E-state index contributed by atoms with van der Waals surface area (Å²) in [7, 11) is 0. The number of hydrogen-bond donors (Lipinski definition) is 0. The zero-order valence-electron chi connectivity index (χ0n) is 12.9. The van der Waals surface area contributed by atoms with Gasteiger partial charge in [0.05, 0.1) is 0 Å². The first kappa shape index (κ1) is 16.2. The molecule has 2 rings (SSSR count). The van der Waals surface area contributed by atoms with Crippen molar-refractivity contribution in [2.45, 2.75) is 51.7 Å². The Morgan fingerprint density at radius 3 is 2.90 bits per heavy atom. The Hall–Kier alpha value is -1.20. The number of ketones is 1. The number of nitrogens with zero attached hydrogens (tertiary/aromatic N) is 1. The first-order valence-electron chi connectivity index (χ1n) is 7.42. The number of esters is 1. The van der Waals surface area contributed by atoms with Crippen LogP contribution in [0.15, 0.2) is 17.5 Å². The Balaban J connectivity index is 1.90. The van der Waals surface area contributed by atoms with Crippen molar-refractivity contribution in [3.05, 3.63) is 22.4 Å². The van der Waals surface area contributed by atoms with Crippen molar-refractivity contribution in [2.75, 3.05) is 13.1 Å². The molecule has 0 aliphatic carbocycles. The van der Waals surface area contributed by atoms with Gasteiger partial charge in [0.2, 0.25) is 0 Å². The van der Waals surface area contributed by atoms with Crippen LogP contribution in [0.5, 0.6) is 0 Å². The van der Waals surface area contributed by atoms with Gasteiger partial charge in [-0.3, -0.25) is 14.5 Å². The Morgan fingerprint density at radius 1 is 1.52 bits per heavy atom. The van der Waals surface area contributed by atoms with E-state index < -0.39 is 11.6 Å². The molecule has 0 spiro atoms. The molecule has 0 bridgehead atoms. The van der Waals surface area contributed by atoms with Crippen LogP contribution in [-0.2, 0) is 20.7 Å². The molecule has 5 heteroatoms. The van der Waals surface area contributed by atoms with E-state index in [9.17, 15) is 9.59 Å². The first-order chi connectivity index (χ1) is 9.91. The van der Waals surface area contributed by atoms with Crippen molar-refractivity contribution in [3.8, 4) is 0 Å².